The Labute approximate surface area is 130 Å². The van der Waals surface area contributed by atoms with Gasteiger partial charge in [-0.3, -0.25) is 14.5 Å². The van der Waals surface area contributed by atoms with Crippen LogP contribution >= 0.6 is 0 Å². The largest absolute Gasteiger partial charge is 0.481 e. The standard InChI is InChI=1S/C17H22N2O3/c1-12-9-13-5-2-3-7-15(13)19(12)16(20)11-18-8-4-6-14(10-18)17(21)22/h2-3,5,7,12,14H,4,6,8-11H2,1H3,(H,21,22)/t12-,14+/m1/s1. The Balaban J connectivity index is 1.68. The van der Waals surface area contributed by atoms with Gasteiger partial charge in [0, 0.05) is 18.3 Å². The van der Waals surface area contributed by atoms with Crippen LogP contribution in [0.25, 0.3) is 0 Å². The van der Waals surface area contributed by atoms with E-state index in [9.17, 15) is 9.59 Å². The van der Waals surface area contributed by atoms with Gasteiger partial charge in [0.05, 0.1) is 12.5 Å². The fourth-order valence-corrected chi connectivity index (χ4v) is 3.61. The molecule has 1 amide bonds. The summed E-state index contributed by atoms with van der Waals surface area (Å²) >= 11 is 0. The molecule has 22 heavy (non-hydrogen) atoms. The topological polar surface area (TPSA) is 60.9 Å². The zero-order chi connectivity index (χ0) is 15.7. The second kappa shape index (κ2) is 6.08. The normalized spacial score (nSPS) is 25.0. The molecule has 0 bridgehead atoms. The molecule has 118 valence electrons. The smallest absolute Gasteiger partial charge is 0.307 e. The van der Waals surface area contributed by atoms with Crippen molar-refractivity contribution in [3.8, 4) is 0 Å². The van der Waals surface area contributed by atoms with Crippen molar-refractivity contribution in [2.24, 2.45) is 5.92 Å². The molecule has 1 fully saturated rings. The minimum atomic E-state index is -0.753. The van der Waals surface area contributed by atoms with Gasteiger partial charge in [-0.15, -0.1) is 0 Å². The van der Waals surface area contributed by atoms with E-state index in [0.717, 1.165) is 25.1 Å². The number of para-hydroxylation sites is 1. The van der Waals surface area contributed by atoms with E-state index in [0.29, 0.717) is 19.5 Å². The van der Waals surface area contributed by atoms with Crippen molar-refractivity contribution in [1.82, 2.24) is 4.90 Å². The van der Waals surface area contributed by atoms with Crippen molar-refractivity contribution >= 4 is 17.6 Å². The first-order valence-electron chi connectivity index (χ1n) is 7.91. The minimum Gasteiger partial charge on any atom is -0.481 e. The molecular weight excluding hydrogens is 280 g/mol. The van der Waals surface area contributed by atoms with Gasteiger partial charge in [-0.25, -0.2) is 0 Å². The van der Waals surface area contributed by atoms with Gasteiger partial charge in [-0.05, 0) is 44.4 Å². The second-order valence-electron chi connectivity index (χ2n) is 6.36. The Bertz CT molecular complexity index is 587. The summed E-state index contributed by atoms with van der Waals surface area (Å²) in [6, 6.07) is 8.19. The average molecular weight is 302 g/mol. The van der Waals surface area contributed by atoms with Crippen LogP contribution in [-0.2, 0) is 16.0 Å². The molecule has 2 heterocycles. The molecule has 5 nitrogen and oxygen atoms in total. The Morgan fingerprint density at radius 1 is 1.32 bits per heavy atom. The maximum absolute atomic E-state index is 12.7. The molecule has 1 N–H and O–H groups in total. The summed E-state index contributed by atoms with van der Waals surface area (Å²) in [6.45, 7) is 3.65. The highest BCUT2D eigenvalue weighted by molar-refractivity contribution is 5.97. The van der Waals surface area contributed by atoms with Gasteiger partial charge in [0.25, 0.3) is 0 Å². The van der Waals surface area contributed by atoms with Crippen molar-refractivity contribution in [3.63, 3.8) is 0 Å². The maximum Gasteiger partial charge on any atom is 0.307 e. The average Bonchev–Trinajstić information content (AvgIpc) is 2.83. The van der Waals surface area contributed by atoms with Crippen molar-refractivity contribution in [2.75, 3.05) is 24.5 Å². The van der Waals surface area contributed by atoms with E-state index in [1.807, 2.05) is 28.0 Å². The number of benzene rings is 1. The van der Waals surface area contributed by atoms with Crippen LogP contribution in [0, 0.1) is 5.92 Å². The van der Waals surface area contributed by atoms with Crippen LogP contribution in [0.2, 0.25) is 0 Å². The number of carboxylic acid groups (broad SMARTS) is 1. The molecule has 0 saturated carbocycles. The highest BCUT2D eigenvalue weighted by Crippen LogP contribution is 2.32. The van der Waals surface area contributed by atoms with Crippen LogP contribution < -0.4 is 4.90 Å². The van der Waals surface area contributed by atoms with Gasteiger partial charge in [-0.1, -0.05) is 18.2 Å². The van der Waals surface area contributed by atoms with Gasteiger partial charge in [0.15, 0.2) is 0 Å². The predicted octanol–water partition coefficient (Wildman–Crippen LogP) is 1.76. The van der Waals surface area contributed by atoms with E-state index in [1.165, 1.54) is 5.56 Å². The van der Waals surface area contributed by atoms with Gasteiger partial charge in [0.1, 0.15) is 0 Å². The second-order valence-corrected chi connectivity index (χ2v) is 6.36. The number of piperidine rings is 1. The molecule has 1 saturated heterocycles. The first-order valence-corrected chi connectivity index (χ1v) is 7.91. The first-order chi connectivity index (χ1) is 10.6. The number of fused-ring (bicyclic) bond motifs is 1. The van der Waals surface area contributed by atoms with Crippen LogP contribution in [0.15, 0.2) is 24.3 Å². The molecule has 0 aliphatic carbocycles. The lowest BCUT2D eigenvalue weighted by Crippen LogP contribution is -2.47. The molecule has 2 aliphatic rings. The molecule has 1 aromatic carbocycles. The molecule has 1 aromatic rings. The third kappa shape index (κ3) is 2.86. The number of carbonyl (C=O) groups is 2. The minimum absolute atomic E-state index is 0.0727. The third-order valence-electron chi connectivity index (χ3n) is 4.69. The van der Waals surface area contributed by atoms with Gasteiger partial charge < -0.3 is 10.0 Å². The molecule has 0 aromatic heterocycles. The van der Waals surface area contributed by atoms with Gasteiger partial charge in [0.2, 0.25) is 5.91 Å². The number of carboxylic acids is 1. The number of hydrogen-bond acceptors (Lipinski definition) is 3. The van der Waals surface area contributed by atoms with Crippen molar-refractivity contribution in [2.45, 2.75) is 32.2 Å². The summed E-state index contributed by atoms with van der Waals surface area (Å²) in [7, 11) is 0. The van der Waals surface area contributed by atoms with Gasteiger partial charge >= 0.3 is 5.97 Å². The number of likely N-dealkylation sites (tertiary alicyclic amines) is 1. The van der Waals surface area contributed by atoms with E-state index in [1.54, 1.807) is 0 Å². The molecular formula is C17H22N2O3. The number of amides is 1. The van der Waals surface area contributed by atoms with Crippen LogP contribution in [0.3, 0.4) is 0 Å². The number of anilines is 1. The van der Waals surface area contributed by atoms with Crippen LogP contribution in [0.4, 0.5) is 5.69 Å². The third-order valence-corrected chi connectivity index (χ3v) is 4.69. The molecule has 2 atom stereocenters. The predicted molar refractivity (Wildman–Crippen MR) is 83.9 cm³/mol. The van der Waals surface area contributed by atoms with Crippen molar-refractivity contribution in [3.05, 3.63) is 29.8 Å². The Morgan fingerprint density at radius 3 is 2.86 bits per heavy atom. The Kier molecular flexibility index (Phi) is 4.16. The van der Waals surface area contributed by atoms with Crippen LogP contribution in [-0.4, -0.2) is 47.6 Å². The zero-order valence-electron chi connectivity index (χ0n) is 12.9. The maximum atomic E-state index is 12.7. The van der Waals surface area contributed by atoms with Gasteiger partial charge in [-0.2, -0.15) is 0 Å². The van der Waals surface area contributed by atoms with Crippen LogP contribution in [0.5, 0.6) is 0 Å². The lowest BCUT2D eigenvalue weighted by molar-refractivity contribution is -0.144. The quantitative estimate of drug-likeness (QED) is 0.924. The Hall–Kier alpha value is -1.88. The summed E-state index contributed by atoms with van der Waals surface area (Å²) in [6.07, 6.45) is 2.44. The number of nitrogens with zero attached hydrogens (tertiary/aromatic N) is 2. The number of carbonyl (C=O) groups excluding carboxylic acids is 1. The fourth-order valence-electron chi connectivity index (χ4n) is 3.61. The zero-order valence-corrected chi connectivity index (χ0v) is 12.9. The lowest BCUT2D eigenvalue weighted by atomic mass is 9.98. The van der Waals surface area contributed by atoms with Crippen molar-refractivity contribution < 1.29 is 14.7 Å². The summed E-state index contributed by atoms with van der Waals surface area (Å²) in [5, 5.41) is 9.15. The van der Waals surface area contributed by atoms with E-state index in [2.05, 4.69) is 13.0 Å². The first kappa shape index (κ1) is 15.0. The molecule has 0 radical (unpaired) electrons. The molecule has 0 spiro atoms. The fraction of sp³-hybridized carbons (Fsp3) is 0.529. The number of aliphatic carboxylic acids is 1. The summed E-state index contributed by atoms with van der Waals surface area (Å²) in [5.74, 6) is -1.02. The number of rotatable bonds is 3. The molecule has 3 rings (SSSR count). The summed E-state index contributed by atoms with van der Waals surface area (Å²) in [5.41, 5.74) is 2.22. The van der Waals surface area contributed by atoms with E-state index < -0.39 is 5.97 Å². The number of hydrogen-bond donors (Lipinski definition) is 1. The summed E-state index contributed by atoms with van der Waals surface area (Å²) in [4.78, 5) is 27.7. The van der Waals surface area contributed by atoms with E-state index >= 15 is 0 Å². The molecule has 0 unspecified atom stereocenters. The van der Waals surface area contributed by atoms with E-state index in [4.69, 9.17) is 5.11 Å². The van der Waals surface area contributed by atoms with E-state index in [-0.39, 0.29) is 17.9 Å². The SMILES string of the molecule is C[C@@H]1Cc2ccccc2N1C(=O)CN1CCC[C@H](C(=O)O)C1. The highest BCUT2D eigenvalue weighted by Gasteiger charge is 2.33. The van der Waals surface area contributed by atoms with Crippen LogP contribution in [0.1, 0.15) is 25.3 Å². The monoisotopic (exact) mass is 302 g/mol. The van der Waals surface area contributed by atoms with Crippen molar-refractivity contribution in [1.29, 1.82) is 0 Å². The Morgan fingerprint density at radius 2 is 2.09 bits per heavy atom. The lowest BCUT2D eigenvalue weighted by Gasteiger charge is -2.32. The highest BCUT2D eigenvalue weighted by atomic mass is 16.4. The molecule has 2 aliphatic heterocycles. The molecule has 5 heteroatoms. The summed E-state index contributed by atoms with van der Waals surface area (Å²) < 4.78 is 0.